The molecule has 0 bridgehead atoms. The number of likely N-dealkylation sites (N-methyl/N-ethyl adjacent to an activating group) is 1. The lowest BCUT2D eigenvalue weighted by Crippen LogP contribution is -2.62. The molecule has 0 aliphatic carbocycles. The lowest BCUT2D eigenvalue weighted by atomic mass is 10.0. The maximum Gasteiger partial charge on any atom is 0.416 e. The number of aromatic nitrogens is 3. The standard InChI is InChI=1S/C25H25F6N7O5/c1-23(2,3)43-21(41)33-16-8-36(9-16)18(39)11-38-20(40)17(35(4)22(38)42)10-37-12-32-19(34-37)13-5-14(24(26,27)28)7-15(6-13)25(29,30)31/h5-7,10,12,16H,8-9,11H2,1-4H3,(H,33,41)/b17-10-. The third-order valence-corrected chi connectivity index (χ3v) is 6.20. The van der Waals surface area contributed by atoms with Crippen molar-refractivity contribution in [3.05, 3.63) is 41.4 Å². The van der Waals surface area contributed by atoms with E-state index in [1.54, 1.807) is 20.8 Å². The summed E-state index contributed by atoms with van der Waals surface area (Å²) in [6.45, 7) is 4.71. The maximum absolute atomic E-state index is 13.2. The van der Waals surface area contributed by atoms with Gasteiger partial charge in [0.2, 0.25) is 5.91 Å². The van der Waals surface area contributed by atoms with Crippen LogP contribution >= 0.6 is 0 Å². The predicted molar refractivity (Wildman–Crippen MR) is 134 cm³/mol. The average molecular weight is 618 g/mol. The minimum Gasteiger partial charge on any atom is -0.444 e. The van der Waals surface area contributed by atoms with Gasteiger partial charge in [-0.3, -0.25) is 14.5 Å². The highest BCUT2D eigenvalue weighted by Gasteiger charge is 2.42. The second-order valence-electron chi connectivity index (χ2n) is 10.7. The number of amides is 5. The zero-order valence-corrected chi connectivity index (χ0v) is 23.1. The SMILES string of the molecule is CN1C(=O)N(CC(=O)N2CC(NC(=O)OC(C)(C)C)C2)C(=O)/C1=C/n1cnc(-c2cc(C(F)(F)F)cc(C(F)(F)F)c2)n1. The van der Waals surface area contributed by atoms with Gasteiger partial charge in [0.25, 0.3) is 5.91 Å². The van der Waals surface area contributed by atoms with Gasteiger partial charge in [-0.15, -0.1) is 5.10 Å². The van der Waals surface area contributed by atoms with Crippen LogP contribution in [-0.2, 0) is 26.7 Å². The number of alkyl carbamates (subject to hydrolysis) is 1. The zero-order valence-electron chi connectivity index (χ0n) is 23.1. The number of hydrogen-bond acceptors (Lipinski definition) is 7. The highest BCUT2D eigenvalue weighted by atomic mass is 19.4. The van der Waals surface area contributed by atoms with E-state index in [0.29, 0.717) is 17.0 Å². The summed E-state index contributed by atoms with van der Waals surface area (Å²) in [5, 5.41) is 6.44. The van der Waals surface area contributed by atoms with Crippen LogP contribution in [0.1, 0.15) is 31.9 Å². The number of nitrogens with one attached hydrogen (secondary N) is 1. The van der Waals surface area contributed by atoms with E-state index in [4.69, 9.17) is 4.74 Å². The molecule has 1 aromatic heterocycles. The van der Waals surface area contributed by atoms with Crippen molar-refractivity contribution in [2.24, 2.45) is 0 Å². The number of hydrogen-bond donors (Lipinski definition) is 1. The average Bonchev–Trinajstić information content (AvgIpc) is 3.39. The first kappa shape index (κ1) is 31.3. The van der Waals surface area contributed by atoms with Crippen LogP contribution in [0.5, 0.6) is 0 Å². The van der Waals surface area contributed by atoms with Crippen molar-refractivity contribution in [3.63, 3.8) is 0 Å². The fraction of sp³-hybridized carbons (Fsp3) is 0.440. The van der Waals surface area contributed by atoms with Gasteiger partial charge in [-0.1, -0.05) is 0 Å². The summed E-state index contributed by atoms with van der Waals surface area (Å²) in [5.74, 6) is -1.99. The van der Waals surface area contributed by atoms with Crippen LogP contribution in [0.15, 0.2) is 30.2 Å². The van der Waals surface area contributed by atoms with Gasteiger partial charge in [0.1, 0.15) is 24.2 Å². The molecule has 0 saturated carbocycles. The van der Waals surface area contributed by atoms with Gasteiger partial charge in [-0.2, -0.15) is 26.3 Å². The Morgan fingerprint density at radius 2 is 1.60 bits per heavy atom. The van der Waals surface area contributed by atoms with Crippen LogP contribution in [0.25, 0.3) is 17.6 Å². The number of ether oxygens (including phenoxy) is 1. The topological polar surface area (TPSA) is 130 Å². The van der Waals surface area contributed by atoms with E-state index in [1.165, 1.54) is 11.9 Å². The van der Waals surface area contributed by atoms with Gasteiger partial charge in [0, 0.05) is 25.7 Å². The third-order valence-electron chi connectivity index (χ3n) is 6.20. The number of likely N-dealkylation sites (tertiary alicyclic amines) is 1. The number of halogens is 6. The number of rotatable bonds is 5. The molecule has 0 spiro atoms. The van der Waals surface area contributed by atoms with E-state index in [9.17, 15) is 45.5 Å². The second-order valence-corrected chi connectivity index (χ2v) is 10.7. The fourth-order valence-electron chi connectivity index (χ4n) is 4.10. The Balaban J connectivity index is 1.45. The molecule has 2 fully saturated rings. The number of alkyl halides is 6. The summed E-state index contributed by atoms with van der Waals surface area (Å²) >= 11 is 0. The molecule has 2 aliphatic heterocycles. The highest BCUT2D eigenvalue weighted by molar-refractivity contribution is 6.14. The van der Waals surface area contributed by atoms with Crippen molar-refractivity contribution in [1.82, 2.24) is 34.8 Å². The quantitative estimate of drug-likeness (QED) is 0.309. The summed E-state index contributed by atoms with van der Waals surface area (Å²) in [4.78, 5) is 56.8. The lowest BCUT2D eigenvalue weighted by Gasteiger charge is -2.40. The molecule has 0 unspecified atom stereocenters. The molecule has 4 rings (SSSR count). The largest absolute Gasteiger partial charge is 0.444 e. The molecule has 0 atom stereocenters. The molecule has 0 radical (unpaired) electrons. The molecule has 12 nitrogen and oxygen atoms in total. The number of carbonyl (C=O) groups excluding carboxylic acids is 4. The van der Waals surface area contributed by atoms with Crippen molar-refractivity contribution in [2.45, 2.75) is 44.8 Å². The Hall–Kier alpha value is -4.64. The Morgan fingerprint density at radius 3 is 2.14 bits per heavy atom. The van der Waals surface area contributed by atoms with Crippen LogP contribution in [0.3, 0.4) is 0 Å². The predicted octanol–water partition coefficient (Wildman–Crippen LogP) is 3.41. The number of carbonyl (C=O) groups is 4. The normalized spacial score (nSPS) is 17.5. The molecule has 18 heteroatoms. The Bertz CT molecular complexity index is 1460. The Labute approximate surface area is 239 Å². The highest BCUT2D eigenvalue weighted by Crippen LogP contribution is 2.38. The number of urea groups is 1. The fourth-order valence-corrected chi connectivity index (χ4v) is 4.10. The molecule has 232 valence electrons. The summed E-state index contributed by atoms with van der Waals surface area (Å²) in [5.41, 5.74) is -4.69. The molecular formula is C25H25F6N7O5. The molecule has 2 aromatic rings. The first-order valence-corrected chi connectivity index (χ1v) is 12.5. The van der Waals surface area contributed by atoms with E-state index >= 15 is 0 Å². The molecule has 2 aliphatic rings. The molecule has 1 N–H and O–H groups in total. The van der Waals surface area contributed by atoms with E-state index in [0.717, 1.165) is 22.1 Å². The zero-order chi connectivity index (χ0) is 32.1. The van der Waals surface area contributed by atoms with Crippen LogP contribution < -0.4 is 5.32 Å². The molecule has 3 heterocycles. The summed E-state index contributed by atoms with van der Waals surface area (Å²) < 4.78 is 85.3. The minimum absolute atomic E-state index is 0.0337. The number of nitrogens with zero attached hydrogens (tertiary/aromatic N) is 6. The first-order valence-electron chi connectivity index (χ1n) is 12.5. The van der Waals surface area contributed by atoms with Crippen LogP contribution in [0.4, 0.5) is 35.9 Å². The van der Waals surface area contributed by atoms with Gasteiger partial charge in [-0.25, -0.2) is 24.2 Å². The molecular weight excluding hydrogens is 592 g/mol. The molecule has 2 saturated heterocycles. The number of imide groups is 1. The van der Waals surface area contributed by atoms with Crippen molar-refractivity contribution in [3.8, 4) is 11.4 Å². The molecule has 5 amide bonds. The Kier molecular flexibility index (Phi) is 7.92. The summed E-state index contributed by atoms with van der Waals surface area (Å²) in [6.07, 6.45) is -8.90. The summed E-state index contributed by atoms with van der Waals surface area (Å²) in [7, 11) is 1.22. The van der Waals surface area contributed by atoms with Crippen molar-refractivity contribution >= 4 is 30.1 Å². The van der Waals surface area contributed by atoms with Gasteiger partial charge < -0.3 is 15.0 Å². The maximum atomic E-state index is 13.2. The molecule has 43 heavy (non-hydrogen) atoms. The molecule has 1 aromatic carbocycles. The van der Waals surface area contributed by atoms with E-state index in [-0.39, 0.29) is 30.9 Å². The minimum atomic E-state index is -5.08. The van der Waals surface area contributed by atoms with E-state index in [2.05, 4.69) is 15.4 Å². The number of benzene rings is 1. The van der Waals surface area contributed by atoms with Crippen LogP contribution in [0, 0.1) is 0 Å². The monoisotopic (exact) mass is 617 g/mol. The first-order chi connectivity index (χ1) is 19.7. The second kappa shape index (κ2) is 10.9. The van der Waals surface area contributed by atoms with Gasteiger partial charge in [0.15, 0.2) is 5.82 Å². The van der Waals surface area contributed by atoms with Crippen LogP contribution in [-0.4, -0.2) is 91.7 Å². The van der Waals surface area contributed by atoms with E-state index < -0.39 is 71.0 Å². The Morgan fingerprint density at radius 1 is 1.02 bits per heavy atom. The summed E-state index contributed by atoms with van der Waals surface area (Å²) in [6, 6.07) is -0.368. The smallest absolute Gasteiger partial charge is 0.416 e. The van der Waals surface area contributed by atoms with Crippen molar-refractivity contribution < 1.29 is 50.3 Å². The van der Waals surface area contributed by atoms with E-state index in [1.807, 2.05) is 0 Å². The van der Waals surface area contributed by atoms with Crippen LogP contribution in [0.2, 0.25) is 0 Å². The van der Waals surface area contributed by atoms with Gasteiger partial charge in [-0.05, 0) is 39.0 Å². The van der Waals surface area contributed by atoms with Crippen molar-refractivity contribution in [2.75, 3.05) is 26.7 Å². The third kappa shape index (κ3) is 7.06. The van der Waals surface area contributed by atoms with Gasteiger partial charge in [0.05, 0.1) is 23.4 Å². The van der Waals surface area contributed by atoms with Gasteiger partial charge >= 0.3 is 24.5 Å². The van der Waals surface area contributed by atoms with Crippen molar-refractivity contribution in [1.29, 1.82) is 0 Å². The lowest BCUT2D eigenvalue weighted by molar-refractivity contribution is -0.143.